The molecule has 0 unspecified atom stereocenters. The molecular formula is C27H24N4O4. The van der Waals surface area contributed by atoms with Crippen LogP contribution in [0.25, 0.3) is 34.4 Å². The maximum atomic E-state index is 13.7. The summed E-state index contributed by atoms with van der Waals surface area (Å²) in [5.74, 6) is 1.60. The van der Waals surface area contributed by atoms with Crippen LogP contribution in [0.1, 0.15) is 40.9 Å². The smallest absolute Gasteiger partial charge is 0.254 e. The van der Waals surface area contributed by atoms with Gasteiger partial charge in [0.15, 0.2) is 17.1 Å². The molecule has 0 atom stereocenters. The van der Waals surface area contributed by atoms with Crippen LogP contribution >= 0.6 is 0 Å². The SMILES string of the molecule is O=C(c1cc(-c2ccc(O)cc2)nc2n[nH]c(/C=C/c3ccc4c(c3)OCO4)c12)N1CCCCC1. The highest BCUT2D eigenvalue weighted by Crippen LogP contribution is 2.34. The standard InChI is InChI=1S/C27H24N4O4/c32-19-8-6-18(7-9-19)22-15-20(27(33)31-12-2-1-3-13-31)25-21(29-30-26(25)28-22)10-4-17-5-11-23-24(14-17)35-16-34-23/h4-11,14-15,32H,1-3,12-13,16H2,(H,28,29,30)/b10-4+. The molecule has 2 aliphatic rings. The van der Waals surface area contributed by atoms with Crippen LogP contribution in [0.2, 0.25) is 0 Å². The van der Waals surface area contributed by atoms with Crippen LogP contribution in [0, 0.1) is 0 Å². The number of hydrogen-bond donors (Lipinski definition) is 2. The number of H-pyrrole nitrogens is 1. The number of nitrogens with zero attached hydrogens (tertiary/aromatic N) is 3. The average molecular weight is 469 g/mol. The topological polar surface area (TPSA) is 101 Å². The van der Waals surface area contributed by atoms with Crippen molar-refractivity contribution in [1.29, 1.82) is 0 Å². The maximum absolute atomic E-state index is 13.7. The van der Waals surface area contributed by atoms with Crippen LogP contribution in [0.3, 0.4) is 0 Å². The molecule has 4 aromatic rings. The monoisotopic (exact) mass is 468 g/mol. The third-order valence-corrected chi connectivity index (χ3v) is 6.43. The summed E-state index contributed by atoms with van der Waals surface area (Å²) in [6.07, 6.45) is 7.00. The van der Waals surface area contributed by atoms with Gasteiger partial charge in [0.2, 0.25) is 6.79 Å². The molecule has 0 saturated carbocycles. The van der Waals surface area contributed by atoms with Gasteiger partial charge in [-0.15, -0.1) is 0 Å². The van der Waals surface area contributed by atoms with Crippen LogP contribution < -0.4 is 9.47 Å². The fraction of sp³-hybridized carbons (Fsp3) is 0.222. The third kappa shape index (κ3) is 4.07. The van der Waals surface area contributed by atoms with E-state index in [-0.39, 0.29) is 18.4 Å². The van der Waals surface area contributed by atoms with Crippen molar-refractivity contribution in [2.24, 2.45) is 0 Å². The molecule has 2 aromatic heterocycles. The number of aromatic nitrogens is 3. The maximum Gasteiger partial charge on any atom is 0.254 e. The third-order valence-electron chi connectivity index (χ3n) is 6.43. The molecule has 8 heteroatoms. The van der Waals surface area contributed by atoms with Gasteiger partial charge < -0.3 is 19.5 Å². The number of aromatic amines is 1. The summed E-state index contributed by atoms with van der Waals surface area (Å²) < 4.78 is 10.9. The second-order valence-corrected chi connectivity index (χ2v) is 8.74. The van der Waals surface area contributed by atoms with Crippen LogP contribution in [0.15, 0.2) is 48.5 Å². The van der Waals surface area contributed by atoms with Crippen LogP contribution in [0.4, 0.5) is 0 Å². The van der Waals surface area contributed by atoms with Crippen molar-refractivity contribution in [3.8, 4) is 28.5 Å². The van der Waals surface area contributed by atoms with E-state index >= 15 is 0 Å². The van der Waals surface area contributed by atoms with Crippen LogP contribution in [-0.4, -0.2) is 51.0 Å². The first kappa shape index (κ1) is 21.2. The summed E-state index contributed by atoms with van der Waals surface area (Å²) in [4.78, 5) is 20.3. The first-order chi connectivity index (χ1) is 17.2. The Morgan fingerprint density at radius 3 is 2.60 bits per heavy atom. The molecule has 0 spiro atoms. The molecule has 1 amide bonds. The van der Waals surface area contributed by atoms with Gasteiger partial charge in [0, 0.05) is 18.7 Å². The Morgan fingerprint density at radius 1 is 0.971 bits per heavy atom. The lowest BCUT2D eigenvalue weighted by Gasteiger charge is -2.27. The normalized spacial score (nSPS) is 15.3. The molecule has 0 bridgehead atoms. The van der Waals surface area contributed by atoms with Gasteiger partial charge in [-0.3, -0.25) is 9.89 Å². The summed E-state index contributed by atoms with van der Waals surface area (Å²) in [5, 5.41) is 17.9. The second kappa shape index (κ2) is 8.79. The number of fused-ring (bicyclic) bond motifs is 2. The lowest BCUT2D eigenvalue weighted by atomic mass is 10.0. The quantitative estimate of drug-likeness (QED) is 0.444. The summed E-state index contributed by atoms with van der Waals surface area (Å²) in [7, 11) is 0. The number of phenolic OH excluding ortho intramolecular Hbond substituents is 1. The fourth-order valence-corrected chi connectivity index (χ4v) is 4.58. The van der Waals surface area contributed by atoms with E-state index < -0.39 is 0 Å². The van der Waals surface area contributed by atoms with Gasteiger partial charge in [-0.25, -0.2) is 4.98 Å². The number of hydrogen-bond acceptors (Lipinski definition) is 6. The first-order valence-corrected chi connectivity index (χ1v) is 11.7. The predicted molar refractivity (Wildman–Crippen MR) is 132 cm³/mol. The molecule has 1 fully saturated rings. The van der Waals surface area contributed by atoms with Crippen molar-refractivity contribution in [1.82, 2.24) is 20.1 Å². The lowest BCUT2D eigenvalue weighted by molar-refractivity contribution is 0.0726. The minimum atomic E-state index is -0.0174. The van der Waals surface area contributed by atoms with Crippen LogP contribution in [0.5, 0.6) is 17.2 Å². The second-order valence-electron chi connectivity index (χ2n) is 8.74. The molecule has 0 aliphatic carbocycles. The Balaban J connectivity index is 1.43. The van der Waals surface area contributed by atoms with E-state index in [9.17, 15) is 9.90 Å². The van der Waals surface area contributed by atoms with Crippen molar-refractivity contribution in [3.05, 3.63) is 65.4 Å². The van der Waals surface area contributed by atoms with Crippen molar-refractivity contribution >= 4 is 29.1 Å². The highest BCUT2D eigenvalue weighted by Gasteiger charge is 2.24. The Kier molecular flexibility index (Phi) is 5.33. The Morgan fingerprint density at radius 2 is 1.77 bits per heavy atom. The van der Waals surface area contributed by atoms with Gasteiger partial charge in [-0.1, -0.05) is 12.1 Å². The molecule has 35 heavy (non-hydrogen) atoms. The number of benzene rings is 2. The Hall–Kier alpha value is -4.33. The number of aromatic hydroxyl groups is 1. The minimum Gasteiger partial charge on any atom is -0.508 e. The van der Waals surface area contributed by atoms with Crippen molar-refractivity contribution < 1.29 is 19.4 Å². The van der Waals surface area contributed by atoms with Gasteiger partial charge in [-0.2, -0.15) is 5.10 Å². The number of carbonyl (C=O) groups excluding carboxylic acids is 1. The minimum absolute atomic E-state index is 0.0174. The van der Waals surface area contributed by atoms with Crippen molar-refractivity contribution in [2.45, 2.75) is 19.3 Å². The van der Waals surface area contributed by atoms with E-state index in [2.05, 4.69) is 10.2 Å². The molecule has 2 aliphatic heterocycles. The molecule has 176 valence electrons. The van der Waals surface area contributed by atoms with E-state index in [1.165, 1.54) is 0 Å². The van der Waals surface area contributed by atoms with Gasteiger partial charge in [0.05, 0.1) is 22.3 Å². The zero-order valence-corrected chi connectivity index (χ0v) is 19.0. The van der Waals surface area contributed by atoms with Gasteiger partial charge in [-0.05, 0) is 73.4 Å². The van der Waals surface area contributed by atoms with Crippen molar-refractivity contribution in [3.63, 3.8) is 0 Å². The van der Waals surface area contributed by atoms with Crippen LogP contribution in [-0.2, 0) is 0 Å². The highest BCUT2D eigenvalue weighted by atomic mass is 16.7. The Labute approximate surface area is 201 Å². The summed E-state index contributed by atoms with van der Waals surface area (Å²) in [6, 6.07) is 14.4. The number of amides is 1. The van der Waals surface area contributed by atoms with E-state index in [0.717, 1.165) is 49.2 Å². The number of phenols is 1. The molecular weight excluding hydrogens is 444 g/mol. The summed E-state index contributed by atoms with van der Waals surface area (Å²) in [6.45, 7) is 1.72. The van der Waals surface area contributed by atoms with E-state index in [4.69, 9.17) is 14.5 Å². The molecule has 1 saturated heterocycles. The predicted octanol–water partition coefficient (Wildman–Crippen LogP) is 4.86. The molecule has 4 heterocycles. The molecule has 0 radical (unpaired) electrons. The number of ether oxygens (including phenoxy) is 2. The van der Waals surface area contributed by atoms with E-state index in [1.807, 2.05) is 41.3 Å². The number of nitrogens with one attached hydrogen (secondary N) is 1. The summed E-state index contributed by atoms with van der Waals surface area (Å²) >= 11 is 0. The first-order valence-electron chi connectivity index (χ1n) is 11.7. The molecule has 2 aromatic carbocycles. The zero-order valence-electron chi connectivity index (χ0n) is 19.0. The number of likely N-dealkylation sites (tertiary alicyclic amines) is 1. The zero-order chi connectivity index (χ0) is 23.8. The lowest BCUT2D eigenvalue weighted by Crippen LogP contribution is -2.35. The number of carbonyl (C=O) groups is 1. The molecule has 2 N–H and O–H groups in total. The van der Waals surface area contributed by atoms with Gasteiger partial charge >= 0.3 is 0 Å². The summed E-state index contributed by atoms with van der Waals surface area (Å²) in [5.41, 5.74) is 4.13. The molecule has 8 nitrogen and oxygen atoms in total. The number of rotatable bonds is 4. The Bertz CT molecular complexity index is 1440. The number of piperidine rings is 1. The van der Waals surface area contributed by atoms with E-state index in [0.29, 0.717) is 33.7 Å². The average Bonchev–Trinajstić information content (AvgIpc) is 3.54. The number of pyridine rings is 1. The molecule has 6 rings (SSSR count). The van der Waals surface area contributed by atoms with Crippen molar-refractivity contribution in [2.75, 3.05) is 19.9 Å². The fourth-order valence-electron chi connectivity index (χ4n) is 4.58. The van der Waals surface area contributed by atoms with Gasteiger partial charge in [0.1, 0.15) is 5.75 Å². The highest BCUT2D eigenvalue weighted by molar-refractivity contribution is 6.09. The van der Waals surface area contributed by atoms with E-state index in [1.54, 1.807) is 24.3 Å². The largest absolute Gasteiger partial charge is 0.508 e. The van der Waals surface area contributed by atoms with Gasteiger partial charge in [0.25, 0.3) is 5.91 Å².